The Hall–Kier alpha value is -2.14. The topological polar surface area (TPSA) is 62.2 Å². The molecular weight excluding hydrogens is 259 g/mol. The van der Waals surface area contributed by atoms with Gasteiger partial charge in [-0.05, 0) is 18.2 Å². The van der Waals surface area contributed by atoms with Gasteiger partial charge in [0.05, 0.1) is 11.8 Å². The fraction of sp³-hybridized carbons (Fsp3) is 0. The van der Waals surface area contributed by atoms with E-state index in [1.165, 1.54) is 12.1 Å². The molecule has 4 nitrogen and oxygen atoms in total. The summed E-state index contributed by atoms with van der Waals surface area (Å²) in [4.78, 5) is 15.4. The van der Waals surface area contributed by atoms with Crippen molar-refractivity contribution < 1.29 is 14.3 Å². The lowest BCUT2D eigenvalue weighted by molar-refractivity contribution is 0.102. The normalized spacial score (nSPS) is 10.1. The van der Waals surface area contributed by atoms with Gasteiger partial charge in [-0.2, -0.15) is 0 Å². The molecule has 0 fully saturated rings. The Morgan fingerprint density at radius 1 is 1.39 bits per heavy atom. The molecule has 0 saturated heterocycles. The molecule has 2 N–H and O–H groups in total. The van der Waals surface area contributed by atoms with Gasteiger partial charge in [-0.25, -0.2) is 9.37 Å². The average Bonchev–Trinajstić information content (AvgIpc) is 2.32. The van der Waals surface area contributed by atoms with Crippen molar-refractivity contribution in [3.63, 3.8) is 0 Å². The molecule has 1 aromatic heterocycles. The number of benzene rings is 1. The lowest BCUT2D eigenvalue weighted by Gasteiger charge is -2.06. The number of amides is 1. The van der Waals surface area contributed by atoms with Gasteiger partial charge in [0.25, 0.3) is 5.91 Å². The van der Waals surface area contributed by atoms with E-state index in [2.05, 4.69) is 10.3 Å². The number of carbonyl (C=O) groups is 1. The molecule has 0 unspecified atom stereocenters. The molecule has 1 amide bonds. The first-order valence-electron chi connectivity index (χ1n) is 4.97. The van der Waals surface area contributed by atoms with E-state index in [1.54, 1.807) is 12.1 Å². The van der Waals surface area contributed by atoms with Crippen LogP contribution < -0.4 is 5.32 Å². The van der Waals surface area contributed by atoms with Crippen LogP contribution >= 0.6 is 11.6 Å². The number of aromatic nitrogens is 1. The highest BCUT2D eigenvalue weighted by Crippen LogP contribution is 2.19. The molecule has 92 valence electrons. The Balaban J connectivity index is 2.24. The van der Waals surface area contributed by atoms with Gasteiger partial charge in [0.2, 0.25) is 0 Å². The summed E-state index contributed by atoms with van der Waals surface area (Å²) in [5.41, 5.74) is 0.306. The minimum Gasteiger partial charge on any atom is -0.508 e. The standard InChI is InChI=1S/C12H8ClFN2O2/c13-11-10(4-7(14)6-15-11)12(18)16-8-2-1-3-9(17)5-8/h1-6,17H,(H,16,18). The number of hydrogen-bond donors (Lipinski definition) is 2. The van der Waals surface area contributed by atoms with Crippen molar-refractivity contribution >= 4 is 23.2 Å². The second-order valence-electron chi connectivity index (χ2n) is 3.50. The predicted molar refractivity (Wildman–Crippen MR) is 65.3 cm³/mol. The number of pyridine rings is 1. The summed E-state index contributed by atoms with van der Waals surface area (Å²) in [5, 5.41) is 11.6. The molecule has 0 aliphatic rings. The summed E-state index contributed by atoms with van der Waals surface area (Å²) in [7, 11) is 0. The van der Waals surface area contributed by atoms with Crippen LogP contribution in [0.3, 0.4) is 0 Å². The summed E-state index contributed by atoms with van der Waals surface area (Å²) >= 11 is 5.70. The van der Waals surface area contributed by atoms with Crippen molar-refractivity contribution in [2.24, 2.45) is 0 Å². The number of anilines is 1. The van der Waals surface area contributed by atoms with E-state index in [1.807, 2.05) is 0 Å². The maximum Gasteiger partial charge on any atom is 0.258 e. The Kier molecular flexibility index (Phi) is 3.43. The molecule has 18 heavy (non-hydrogen) atoms. The van der Waals surface area contributed by atoms with Crippen LogP contribution in [0.5, 0.6) is 5.75 Å². The highest BCUT2D eigenvalue weighted by Gasteiger charge is 2.13. The largest absolute Gasteiger partial charge is 0.508 e. The fourth-order valence-corrected chi connectivity index (χ4v) is 1.55. The molecule has 0 aliphatic heterocycles. The zero-order valence-electron chi connectivity index (χ0n) is 9.02. The minimum absolute atomic E-state index is 0.0104. The zero-order chi connectivity index (χ0) is 13.1. The Morgan fingerprint density at radius 2 is 2.17 bits per heavy atom. The zero-order valence-corrected chi connectivity index (χ0v) is 9.78. The number of phenols is 1. The van der Waals surface area contributed by atoms with Crippen molar-refractivity contribution in [1.29, 1.82) is 0 Å². The highest BCUT2D eigenvalue weighted by molar-refractivity contribution is 6.33. The number of rotatable bonds is 2. The third-order valence-corrected chi connectivity index (χ3v) is 2.46. The third kappa shape index (κ3) is 2.75. The Bertz CT molecular complexity index is 604. The summed E-state index contributed by atoms with van der Waals surface area (Å²) < 4.78 is 13.0. The van der Waals surface area contributed by atoms with Crippen molar-refractivity contribution in [3.8, 4) is 5.75 Å². The van der Waals surface area contributed by atoms with E-state index < -0.39 is 11.7 Å². The van der Waals surface area contributed by atoms with Gasteiger partial charge >= 0.3 is 0 Å². The molecule has 1 heterocycles. The maximum atomic E-state index is 13.0. The van der Waals surface area contributed by atoms with Crippen molar-refractivity contribution in [2.75, 3.05) is 5.32 Å². The van der Waals surface area contributed by atoms with E-state index in [9.17, 15) is 14.3 Å². The smallest absolute Gasteiger partial charge is 0.258 e. The minimum atomic E-state index is -0.652. The number of nitrogens with one attached hydrogen (secondary N) is 1. The lowest BCUT2D eigenvalue weighted by Crippen LogP contribution is -2.13. The lowest BCUT2D eigenvalue weighted by atomic mass is 10.2. The number of nitrogens with zero attached hydrogens (tertiary/aromatic N) is 1. The van der Waals surface area contributed by atoms with Gasteiger partial charge in [-0.3, -0.25) is 4.79 Å². The van der Waals surface area contributed by atoms with E-state index >= 15 is 0 Å². The van der Waals surface area contributed by atoms with E-state index in [4.69, 9.17) is 11.6 Å². The number of hydrogen-bond acceptors (Lipinski definition) is 3. The molecule has 0 radical (unpaired) electrons. The Morgan fingerprint density at radius 3 is 2.89 bits per heavy atom. The second kappa shape index (κ2) is 5.01. The van der Waals surface area contributed by atoms with Gasteiger partial charge in [0, 0.05) is 11.8 Å². The quantitative estimate of drug-likeness (QED) is 0.822. The monoisotopic (exact) mass is 266 g/mol. The molecule has 0 bridgehead atoms. The molecule has 0 saturated carbocycles. The van der Waals surface area contributed by atoms with Gasteiger partial charge in [-0.1, -0.05) is 17.7 Å². The van der Waals surface area contributed by atoms with Gasteiger partial charge in [0.15, 0.2) is 0 Å². The van der Waals surface area contributed by atoms with Crippen LogP contribution in [0, 0.1) is 5.82 Å². The summed E-state index contributed by atoms with van der Waals surface area (Å²) in [6, 6.07) is 6.97. The molecule has 0 aliphatic carbocycles. The number of aromatic hydroxyl groups is 1. The number of carbonyl (C=O) groups excluding carboxylic acids is 1. The fourth-order valence-electron chi connectivity index (χ4n) is 1.36. The van der Waals surface area contributed by atoms with Gasteiger partial charge in [-0.15, -0.1) is 0 Å². The highest BCUT2D eigenvalue weighted by atomic mass is 35.5. The van der Waals surface area contributed by atoms with Crippen LogP contribution in [0.15, 0.2) is 36.5 Å². The predicted octanol–water partition coefficient (Wildman–Crippen LogP) is 2.83. The van der Waals surface area contributed by atoms with E-state index in [-0.39, 0.29) is 16.5 Å². The van der Waals surface area contributed by atoms with Crippen molar-refractivity contribution in [3.05, 3.63) is 53.1 Å². The van der Waals surface area contributed by atoms with E-state index in [0.717, 1.165) is 12.3 Å². The second-order valence-corrected chi connectivity index (χ2v) is 3.85. The average molecular weight is 267 g/mol. The molecular formula is C12H8ClFN2O2. The van der Waals surface area contributed by atoms with Gasteiger partial charge < -0.3 is 10.4 Å². The first-order valence-corrected chi connectivity index (χ1v) is 5.35. The molecule has 1 aromatic carbocycles. The first kappa shape index (κ1) is 12.3. The van der Waals surface area contributed by atoms with Crippen LogP contribution in [0.25, 0.3) is 0 Å². The SMILES string of the molecule is O=C(Nc1cccc(O)c1)c1cc(F)cnc1Cl. The molecule has 2 aromatic rings. The molecule has 6 heteroatoms. The van der Waals surface area contributed by atoms with Crippen LogP contribution in [-0.4, -0.2) is 16.0 Å². The summed E-state index contributed by atoms with van der Waals surface area (Å²) in [6.07, 6.45) is 0.924. The van der Waals surface area contributed by atoms with E-state index in [0.29, 0.717) is 5.69 Å². The van der Waals surface area contributed by atoms with Crippen LogP contribution in [-0.2, 0) is 0 Å². The number of halogens is 2. The van der Waals surface area contributed by atoms with Crippen LogP contribution in [0.2, 0.25) is 5.15 Å². The van der Waals surface area contributed by atoms with Crippen LogP contribution in [0.1, 0.15) is 10.4 Å². The van der Waals surface area contributed by atoms with Crippen molar-refractivity contribution in [2.45, 2.75) is 0 Å². The van der Waals surface area contributed by atoms with Crippen LogP contribution in [0.4, 0.5) is 10.1 Å². The summed E-state index contributed by atoms with van der Waals surface area (Å²) in [5.74, 6) is -1.24. The molecule has 2 rings (SSSR count). The maximum absolute atomic E-state index is 13.0. The third-order valence-electron chi connectivity index (χ3n) is 2.15. The molecule has 0 atom stereocenters. The molecule has 0 spiro atoms. The van der Waals surface area contributed by atoms with Gasteiger partial charge in [0.1, 0.15) is 16.7 Å². The first-order chi connectivity index (χ1) is 8.56. The Labute approximate surface area is 107 Å². The van der Waals surface area contributed by atoms with Crippen molar-refractivity contribution in [1.82, 2.24) is 4.98 Å². The number of phenolic OH excluding ortho intramolecular Hbond substituents is 1. The summed E-state index contributed by atoms with van der Waals surface area (Å²) in [6.45, 7) is 0.